The Morgan fingerprint density at radius 1 is 1.00 bits per heavy atom. The summed E-state index contributed by atoms with van der Waals surface area (Å²) in [5.41, 5.74) is 3.69. The molecule has 0 atom stereocenters. The summed E-state index contributed by atoms with van der Waals surface area (Å²) in [6.45, 7) is 2.10. The minimum atomic E-state index is 0.623. The van der Waals surface area contributed by atoms with Crippen LogP contribution in [0, 0.1) is 0 Å². The van der Waals surface area contributed by atoms with Crippen molar-refractivity contribution in [1.82, 2.24) is 4.98 Å². The molecule has 0 N–H and O–H groups in total. The third-order valence-electron chi connectivity index (χ3n) is 3.52. The van der Waals surface area contributed by atoms with Gasteiger partial charge in [-0.25, -0.2) is 4.98 Å². The molecule has 1 aromatic heterocycles. The van der Waals surface area contributed by atoms with E-state index in [0.29, 0.717) is 5.89 Å². The molecule has 0 fully saturated rings. The molecule has 0 aliphatic heterocycles. The van der Waals surface area contributed by atoms with Gasteiger partial charge in [0.15, 0.2) is 5.58 Å². The summed E-state index contributed by atoms with van der Waals surface area (Å²) >= 11 is 0. The first-order valence-electron chi connectivity index (χ1n) is 6.87. The van der Waals surface area contributed by atoms with Crippen LogP contribution in [0.1, 0.15) is 12.5 Å². The van der Waals surface area contributed by atoms with Crippen LogP contribution < -0.4 is 9.47 Å². The highest BCUT2D eigenvalue weighted by Gasteiger charge is 2.13. The maximum absolute atomic E-state index is 5.86. The zero-order valence-corrected chi connectivity index (χ0v) is 12.3. The first-order valence-corrected chi connectivity index (χ1v) is 6.87. The van der Waals surface area contributed by atoms with Crippen molar-refractivity contribution < 1.29 is 13.9 Å². The molecule has 0 saturated carbocycles. The number of ether oxygens (including phenoxy) is 2. The van der Waals surface area contributed by atoms with E-state index in [9.17, 15) is 0 Å². The van der Waals surface area contributed by atoms with Crippen LogP contribution in [0.15, 0.2) is 40.8 Å². The van der Waals surface area contributed by atoms with E-state index in [4.69, 9.17) is 13.9 Å². The second-order valence-corrected chi connectivity index (χ2v) is 4.73. The van der Waals surface area contributed by atoms with Gasteiger partial charge in [0.25, 0.3) is 0 Å². The van der Waals surface area contributed by atoms with E-state index in [2.05, 4.69) is 11.9 Å². The number of oxazole rings is 1. The van der Waals surface area contributed by atoms with E-state index in [-0.39, 0.29) is 0 Å². The Hall–Kier alpha value is -2.49. The van der Waals surface area contributed by atoms with Crippen LogP contribution in [0.2, 0.25) is 0 Å². The smallest absolute Gasteiger partial charge is 0.227 e. The number of nitrogens with zero attached hydrogens (tertiary/aromatic N) is 1. The van der Waals surface area contributed by atoms with Crippen molar-refractivity contribution in [1.29, 1.82) is 0 Å². The molecule has 4 heteroatoms. The quantitative estimate of drug-likeness (QED) is 0.724. The summed E-state index contributed by atoms with van der Waals surface area (Å²) in [4.78, 5) is 4.57. The molecule has 4 nitrogen and oxygen atoms in total. The van der Waals surface area contributed by atoms with Crippen molar-refractivity contribution in [2.24, 2.45) is 0 Å². The van der Waals surface area contributed by atoms with E-state index in [0.717, 1.165) is 40.1 Å². The van der Waals surface area contributed by atoms with Crippen LogP contribution in [0.25, 0.3) is 22.6 Å². The zero-order chi connectivity index (χ0) is 14.8. The Kier molecular flexibility index (Phi) is 3.52. The predicted molar refractivity (Wildman–Crippen MR) is 81.9 cm³/mol. The minimum absolute atomic E-state index is 0.623. The molecule has 3 rings (SSSR count). The van der Waals surface area contributed by atoms with Crippen LogP contribution >= 0.6 is 0 Å². The van der Waals surface area contributed by atoms with E-state index in [1.165, 1.54) is 0 Å². The molecule has 0 amide bonds. The molecular weight excluding hydrogens is 266 g/mol. The lowest BCUT2D eigenvalue weighted by atomic mass is 10.0. The van der Waals surface area contributed by atoms with Crippen LogP contribution in [-0.2, 0) is 6.42 Å². The molecule has 1 heterocycles. The maximum Gasteiger partial charge on any atom is 0.227 e. The van der Waals surface area contributed by atoms with Crippen molar-refractivity contribution in [3.8, 4) is 23.0 Å². The molecule has 2 aromatic carbocycles. The average Bonchev–Trinajstić information content (AvgIpc) is 2.96. The van der Waals surface area contributed by atoms with Crippen molar-refractivity contribution >= 4 is 11.1 Å². The highest BCUT2D eigenvalue weighted by molar-refractivity contribution is 5.78. The Morgan fingerprint density at radius 3 is 2.43 bits per heavy atom. The fraction of sp³-hybridized carbons (Fsp3) is 0.235. The van der Waals surface area contributed by atoms with Gasteiger partial charge < -0.3 is 13.9 Å². The Balaban J connectivity index is 2.11. The number of benzene rings is 2. The largest absolute Gasteiger partial charge is 0.497 e. The Bertz CT molecular complexity index is 777. The van der Waals surface area contributed by atoms with E-state index >= 15 is 0 Å². The van der Waals surface area contributed by atoms with Gasteiger partial charge in [0.2, 0.25) is 5.89 Å². The molecule has 0 saturated heterocycles. The zero-order valence-electron chi connectivity index (χ0n) is 12.3. The summed E-state index contributed by atoms with van der Waals surface area (Å²) in [5.74, 6) is 2.24. The molecule has 0 radical (unpaired) electrons. The lowest BCUT2D eigenvalue weighted by Crippen LogP contribution is -1.90. The second kappa shape index (κ2) is 5.48. The van der Waals surface area contributed by atoms with Crippen molar-refractivity contribution in [2.45, 2.75) is 13.3 Å². The monoisotopic (exact) mass is 283 g/mol. The number of rotatable bonds is 4. The van der Waals surface area contributed by atoms with Crippen LogP contribution in [-0.4, -0.2) is 19.2 Å². The van der Waals surface area contributed by atoms with Gasteiger partial charge in [0.1, 0.15) is 17.0 Å². The van der Waals surface area contributed by atoms with E-state index in [1.807, 2.05) is 36.4 Å². The van der Waals surface area contributed by atoms with E-state index < -0.39 is 0 Å². The molecule has 0 spiro atoms. The molecule has 21 heavy (non-hydrogen) atoms. The summed E-state index contributed by atoms with van der Waals surface area (Å²) in [5, 5.41) is 0. The molecular formula is C17H17NO3. The van der Waals surface area contributed by atoms with Crippen molar-refractivity contribution in [2.75, 3.05) is 14.2 Å². The maximum atomic E-state index is 5.86. The van der Waals surface area contributed by atoms with Gasteiger partial charge in [0.05, 0.1) is 14.2 Å². The van der Waals surface area contributed by atoms with Gasteiger partial charge in [-0.3, -0.25) is 0 Å². The van der Waals surface area contributed by atoms with Gasteiger partial charge in [-0.1, -0.05) is 6.92 Å². The van der Waals surface area contributed by atoms with Gasteiger partial charge in [-0.05, 0) is 42.3 Å². The number of aromatic nitrogens is 1. The van der Waals surface area contributed by atoms with Crippen LogP contribution in [0.3, 0.4) is 0 Å². The van der Waals surface area contributed by atoms with E-state index in [1.54, 1.807) is 14.2 Å². The SMILES string of the molecule is CCc1cc(OC)ccc1-c1nc2cc(OC)ccc2o1. The molecule has 0 aliphatic carbocycles. The number of fused-ring (bicyclic) bond motifs is 1. The Morgan fingerprint density at radius 2 is 1.71 bits per heavy atom. The first kappa shape index (κ1) is 13.5. The summed E-state index contributed by atoms with van der Waals surface area (Å²) in [6.07, 6.45) is 0.884. The Labute approximate surface area is 123 Å². The highest BCUT2D eigenvalue weighted by Crippen LogP contribution is 2.31. The number of aryl methyl sites for hydroxylation is 1. The third-order valence-corrected chi connectivity index (χ3v) is 3.52. The normalized spacial score (nSPS) is 10.8. The van der Waals surface area contributed by atoms with Crippen molar-refractivity contribution in [3.05, 3.63) is 42.0 Å². The fourth-order valence-corrected chi connectivity index (χ4v) is 2.35. The summed E-state index contributed by atoms with van der Waals surface area (Å²) in [6, 6.07) is 11.5. The standard InChI is InChI=1S/C17H17NO3/c1-4-11-9-12(19-2)5-7-14(11)17-18-15-10-13(20-3)6-8-16(15)21-17/h5-10H,4H2,1-3H3. The molecule has 3 aromatic rings. The lowest BCUT2D eigenvalue weighted by Gasteiger charge is -2.06. The highest BCUT2D eigenvalue weighted by atomic mass is 16.5. The molecule has 108 valence electrons. The third kappa shape index (κ3) is 2.44. The predicted octanol–water partition coefficient (Wildman–Crippen LogP) is 4.07. The van der Waals surface area contributed by atoms with Crippen LogP contribution in [0.4, 0.5) is 0 Å². The summed E-state index contributed by atoms with van der Waals surface area (Å²) in [7, 11) is 3.31. The van der Waals surface area contributed by atoms with Gasteiger partial charge in [-0.2, -0.15) is 0 Å². The number of methoxy groups -OCH3 is 2. The lowest BCUT2D eigenvalue weighted by molar-refractivity contribution is 0.414. The van der Waals surface area contributed by atoms with Crippen LogP contribution in [0.5, 0.6) is 11.5 Å². The van der Waals surface area contributed by atoms with Gasteiger partial charge in [-0.15, -0.1) is 0 Å². The average molecular weight is 283 g/mol. The topological polar surface area (TPSA) is 44.5 Å². The molecule has 0 bridgehead atoms. The number of hydrogen-bond acceptors (Lipinski definition) is 4. The number of hydrogen-bond donors (Lipinski definition) is 0. The first-order chi connectivity index (χ1) is 10.2. The molecule has 0 aliphatic rings. The fourth-order valence-electron chi connectivity index (χ4n) is 2.35. The van der Waals surface area contributed by atoms with Gasteiger partial charge >= 0.3 is 0 Å². The van der Waals surface area contributed by atoms with Gasteiger partial charge in [0, 0.05) is 11.6 Å². The van der Waals surface area contributed by atoms with Crippen molar-refractivity contribution in [3.63, 3.8) is 0 Å². The molecule has 0 unspecified atom stereocenters. The minimum Gasteiger partial charge on any atom is -0.497 e. The summed E-state index contributed by atoms with van der Waals surface area (Å²) < 4.78 is 16.3. The second-order valence-electron chi connectivity index (χ2n) is 4.73.